The van der Waals surface area contributed by atoms with E-state index >= 15 is 0 Å². The predicted molar refractivity (Wildman–Crippen MR) is 61.2 cm³/mol. The molecule has 0 aliphatic heterocycles. The van der Waals surface area contributed by atoms with Crippen LogP contribution in [0.2, 0.25) is 0 Å². The van der Waals surface area contributed by atoms with Crippen molar-refractivity contribution >= 4 is 12.0 Å². The normalized spacial score (nSPS) is 10.4. The van der Waals surface area contributed by atoms with Gasteiger partial charge in [0.15, 0.2) is 0 Å². The summed E-state index contributed by atoms with van der Waals surface area (Å²) in [4.78, 5) is 10.7. The summed E-state index contributed by atoms with van der Waals surface area (Å²) in [7, 11) is 0. The van der Waals surface area contributed by atoms with Crippen molar-refractivity contribution < 1.29 is 14.7 Å². The van der Waals surface area contributed by atoms with E-state index in [1.165, 1.54) is 11.6 Å². The minimum atomic E-state index is -0.550. The van der Waals surface area contributed by atoms with Crippen LogP contribution in [0.4, 0.5) is 0 Å². The van der Waals surface area contributed by atoms with Gasteiger partial charge in [-0.3, -0.25) is 10.0 Å². The molecule has 0 bridgehead atoms. The molecule has 4 heteroatoms. The first-order valence-corrected chi connectivity index (χ1v) is 5.11. The average Bonchev–Trinajstić information content (AvgIpc) is 2.34. The Labute approximate surface area is 94.5 Å². The highest BCUT2D eigenvalue weighted by Crippen LogP contribution is 2.13. The number of carbonyl (C=O) groups excluding carboxylic acids is 1. The number of carbonyl (C=O) groups is 1. The molecule has 2 N–H and O–H groups in total. The first-order chi connectivity index (χ1) is 7.76. The summed E-state index contributed by atoms with van der Waals surface area (Å²) >= 11 is 0. The van der Waals surface area contributed by atoms with Gasteiger partial charge in [-0.1, -0.05) is 19.1 Å². The highest BCUT2D eigenvalue weighted by atomic mass is 16.5. The van der Waals surface area contributed by atoms with Crippen molar-refractivity contribution in [2.24, 2.45) is 0 Å². The third kappa shape index (κ3) is 4.14. The molecule has 0 aliphatic rings. The molecule has 1 amide bonds. The minimum absolute atomic E-state index is 0.550. The van der Waals surface area contributed by atoms with Gasteiger partial charge in [0.05, 0.1) is 6.61 Å². The number of benzene rings is 1. The minimum Gasteiger partial charge on any atom is -0.494 e. The zero-order valence-corrected chi connectivity index (χ0v) is 9.14. The molecule has 0 saturated heterocycles. The molecule has 0 radical (unpaired) electrons. The van der Waals surface area contributed by atoms with Crippen molar-refractivity contribution in [2.75, 3.05) is 6.61 Å². The van der Waals surface area contributed by atoms with Gasteiger partial charge in [0.25, 0.3) is 5.91 Å². The molecule has 0 aromatic heterocycles. The Kier molecular flexibility index (Phi) is 5.08. The van der Waals surface area contributed by atoms with Crippen LogP contribution in [0, 0.1) is 0 Å². The van der Waals surface area contributed by atoms with E-state index in [2.05, 4.69) is 0 Å². The molecule has 0 saturated carbocycles. The Morgan fingerprint density at radius 3 is 2.69 bits per heavy atom. The summed E-state index contributed by atoms with van der Waals surface area (Å²) in [5.41, 5.74) is 2.39. The Bertz CT molecular complexity index is 357. The molecule has 0 aliphatic carbocycles. The van der Waals surface area contributed by atoms with Crippen molar-refractivity contribution in [2.45, 2.75) is 13.3 Å². The van der Waals surface area contributed by atoms with E-state index in [0.717, 1.165) is 17.7 Å². The van der Waals surface area contributed by atoms with Crippen molar-refractivity contribution in [3.63, 3.8) is 0 Å². The fourth-order valence-electron chi connectivity index (χ4n) is 1.10. The molecule has 0 atom stereocenters. The van der Waals surface area contributed by atoms with E-state index < -0.39 is 5.91 Å². The molecule has 0 unspecified atom stereocenters. The predicted octanol–water partition coefficient (Wildman–Crippen LogP) is 1.99. The molecule has 0 fully saturated rings. The van der Waals surface area contributed by atoms with Gasteiger partial charge in [-0.15, -0.1) is 0 Å². The maximum Gasteiger partial charge on any atom is 0.267 e. The van der Waals surface area contributed by atoms with Gasteiger partial charge >= 0.3 is 0 Å². The number of hydrogen-bond acceptors (Lipinski definition) is 3. The number of amides is 1. The molecule has 1 aromatic rings. The van der Waals surface area contributed by atoms with E-state index in [1.807, 2.05) is 31.2 Å². The van der Waals surface area contributed by atoms with Crippen molar-refractivity contribution in [1.29, 1.82) is 0 Å². The van der Waals surface area contributed by atoms with E-state index in [1.54, 1.807) is 6.08 Å². The van der Waals surface area contributed by atoms with Gasteiger partial charge in [0, 0.05) is 6.08 Å². The summed E-state index contributed by atoms with van der Waals surface area (Å²) in [6.45, 7) is 2.74. The molecule has 4 nitrogen and oxygen atoms in total. The average molecular weight is 221 g/mol. The van der Waals surface area contributed by atoms with Crippen LogP contribution in [-0.2, 0) is 4.79 Å². The SMILES string of the molecule is CCCOc1ccc(C=CC(=O)NO)cc1. The van der Waals surface area contributed by atoms with Crippen LogP contribution in [0.15, 0.2) is 30.3 Å². The quantitative estimate of drug-likeness (QED) is 0.454. The van der Waals surface area contributed by atoms with Crippen molar-refractivity contribution in [3.05, 3.63) is 35.9 Å². The Morgan fingerprint density at radius 1 is 1.44 bits per heavy atom. The molecule has 0 spiro atoms. The Hall–Kier alpha value is -1.81. The second kappa shape index (κ2) is 6.63. The lowest BCUT2D eigenvalue weighted by atomic mass is 10.2. The van der Waals surface area contributed by atoms with E-state index in [0.29, 0.717) is 6.61 Å². The van der Waals surface area contributed by atoms with Crippen LogP contribution in [0.3, 0.4) is 0 Å². The van der Waals surface area contributed by atoms with Crippen LogP contribution in [0.25, 0.3) is 6.08 Å². The number of hydroxylamine groups is 1. The van der Waals surface area contributed by atoms with Gasteiger partial charge in [0.1, 0.15) is 5.75 Å². The number of ether oxygens (including phenoxy) is 1. The summed E-state index contributed by atoms with van der Waals surface area (Å²) in [6, 6.07) is 7.36. The van der Waals surface area contributed by atoms with Gasteiger partial charge in [0.2, 0.25) is 0 Å². The third-order valence-electron chi connectivity index (χ3n) is 1.89. The van der Waals surface area contributed by atoms with Crippen LogP contribution in [-0.4, -0.2) is 17.7 Å². The van der Waals surface area contributed by atoms with Gasteiger partial charge in [-0.25, -0.2) is 5.48 Å². The Balaban J connectivity index is 2.57. The van der Waals surface area contributed by atoms with Crippen LogP contribution in [0.1, 0.15) is 18.9 Å². The summed E-state index contributed by atoms with van der Waals surface area (Å²) < 4.78 is 5.41. The van der Waals surface area contributed by atoms with E-state index in [9.17, 15) is 4.79 Å². The molecule has 86 valence electrons. The molecule has 0 heterocycles. The van der Waals surface area contributed by atoms with Crippen molar-refractivity contribution in [1.82, 2.24) is 5.48 Å². The van der Waals surface area contributed by atoms with Crippen molar-refractivity contribution in [3.8, 4) is 5.75 Å². The second-order valence-corrected chi connectivity index (χ2v) is 3.23. The second-order valence-electron chi connectivity index (χ2n) is 3.23. The maximum absolute atomic E-state index is 10.7. The fourth-order valence-corrected chi connectivity index (χ4v) is 1.10. The highest BCUT2D eigenvalue weighted by Gasteiger charge is 1.94. The number of rotatable bonds is 5. The lowest BCUT2D eigenvalue weighted by molar-refractivity contribution is -0.124. The van der Waals surface area contributed by atoms with Gasteiger partial charge in [-0.05, 0) is 30.2 Å². The molecular formula is C12H15NO3. The number of hydrogen-bond donors (Lipinski definition) is 2. The van der Waals surface area contributed by atoms with E-state index in [-0.39, 0.29) is 0 Å². The molecule has 1 aromatic carbocycles. The molecule has 16 heavy (non-hydrogen) atoms. The summed E-state index contributed by atoms with van der Waals surface area (Å²) in [5, 5.41) is 8.28. The highest BCUT2D eigenvalue weighted by molar-refractivity contribution is 5.90. The zero-order chi connectivity index (χ0) is 11.8. The van der Waals surface area contributed by atoms with Crippen LogP contribution >= 0.6 is 0 Å². The summed E-state index contributed by atoms with van der Waals surface area (Å²) in [6.07, 6.45) is 3.83. The fraction of sp³-hybridized carbons (Fsp3) is 0.250. The topological polar surface area (TPSA) is 58.6 Å². The third-order valence-corrected chi connectivity index (χ3v) is 1.89. The standard InChI is InChI=1S/C12H15NO3/c1-2-9-16-11-6-3-10(4-7-11)5-8-12(14)13-15/h3-8,15H,2,9H2,1H3,(H,13,14). The largest absolute Gasteiger partial charge is 0.494 e. The zero-order valence-electron chi connectivity index (χ0n) is 9.14. The van der Waals surface area contributed by atoms with Gasteiger partial charge in [-0.2, -0.15) is 0 Å². The Morgan fingerprint density at radius 2 is 2.12 bits per heavy atom. The van der Waals surface area contributed by atoms with Crippen LogP contribution < -0.4 is 10.2 Å². The van der Waals surface area contributed by atoms with E-state index in [4.69, 9.17) is 9.94 Å². The first-order valence-electron chi connectivity index (χ1n) is 5.11. The van der Waals surface area contributed by atoms with Crippen LogP contribution in [0.5, 0.6) is 5.75 Å². The first kappa shape index (κ1) is 12.3. The summed E-state index contributed by atoms with van der Waals surface area (Å²) in [5.74, 6) is 0.261. The monoisotopic (exact) mass is 221 g/mol. The smallest absolute Gasteiger partial charge is 0.267 e. The maximum atomic E-state index is 10.7. The van der Waals surface area contributed by atoms with Gasteiger partial charge < -0.3 is 4.74 Å². The lowest BCUT2D eigenvalue weighted by Crippen LogP contribution is -2.14. The molecular weight excluding hydrogens is 206 g/mol. The molecule has 1 rings (SSSR count). The number of nitrogens with one attached hydrogen (secondary N) is 1. The lowest BCUT2D eigenvalue weighted by Gasteiger charge is -2.03.